The fourth-order valence-corrected chi connectivity index (χ4v) is 0.618. The van der Waals surface area contributed by atoms with Crippen molar-refractivity contribution in [3.63, 3.8) is 0 Å². The summed E-state index contributed by atoms with van der Waals surface area (Å²) in [5.41, 5.74) is -0.197. The van der Waals surface area contributed by atoms with Crippen molar-refractivity contribution >= 4 is 0 Å². The van der Waals surface area contributed by atoms with Crippen LogP contribution in [0.5, 0.6) is 0 Å². The molecular formula is C5H8N2O2. The van der Waals surface area contributed by atoms with Crippen molar-refractivity contribution in [3.05, 3.63) is 22.9 Å². The number of hydrogen-bond donors (Lipinski definition) is 1. The smallest absolute Gasteiger partial charge is 0.329 e. The highest BCUT2D eigenvalue weighted by molar-refractivity contribution is 4.77. The zero-order valence-corrected chi connectivity index (χ0v) is 5.11. The average Bonchev–Trinajstić information content (AvgIpc) is 2.15. The minimum atomic E-state index is -0.250. The van der Waals surface area contributed by atoms with Crippen LogP contribution in [0.1, 0.15) is 0 Å². The Labute approximate surface area is 52.0 Å². The molecule has 1 heterocycles. The lowest BCUT2D eigenvalue weighted by molar-refractivity contribution is 0.205. The minimum Gasteiger partial charge on any atom is -0.376 e. The van der Waals surface area contributed by atoms with Crippen molar-refractivity contribution in [3.8, 4) is 0 Å². The Kier molecular flexibility index (Phi) is 1.40. The normalized spacial score (nSPS) is 10.0. The quantitative estimate of drug-likeness (QED) is 0.534. The molecule has 0 saturated heterocycles. The number of imidazole rings is 1. The molecule has 9 heavy (non-hydrogen) atoms. The molecule has 0 saturated carbocycles. The van der Waals surface area contributed by atoms with Crippen LogP contribution in [-0.2, 0) is 13.8 Å². The molecule has 0 aliphatic rings. The number of nitrogens with zero attached hydrogens (tertiary/aromatic N) is 2. The molecule has 50 valence electrons. The topological polar surface area (TPSA) is 47.2 Å². The van der Waals surface area contributed by atoms with Crippen LogP contribution in [0.15, 0.2) is 17.2 Å². The number of aliphatic hydroxyl groups excluding tert-OH is 1. The van der Waals surface area contributed by atoms with E-state index in [0.29, 0.717) is 0 Å². The van der Waals surface area contributed by atoms with Crippen molar-refractivity contribution in [2.24, 2.45) is 7.05 Å². The van der Waals surface area contributed by atoms with Crippen molar-refractivity contribution in [2.75, 3.05) is 0 Å². The molecule has 0 atom stereocenters. The van der Waals surface area contributed by atoms with Gasteiger partial charge in [0, 0.05) is 19.4 Å². The minimum absolute atomic E-state index is 0.197. The molecule has 1 aromatic heterocycles. The van der Waals surface area contributed by atoms with E-state index >= 15 is 0 Å². The van der Waals surface area contributed by atoms with Crippen molar-refractivity contribution in [1.82, 2.24) is 9.13 Å². The van der Waals surface area contributed by atoms with Crippen molar-refractivity contribution in [1.29, 1.82) is 0 Å². The summed E-state index contributed by atoms with van der Waals surface area (Å²) in [6.07, 6.45) is 3.13. The van der Waals surface area contributed by atoms with E-state index in [1.54, 1.807) is 13.2 Å². The number of hydrogen-bond acceptors (Lipinski definition) is 2. The highest BCUT2D eigenvalue weighted by Gasteiger charge is 1.94. The van der Waals surface area contributed by atoms with E-state index in [2.05, 4.69) is 0 Å². The van der Waals surface area contributed by atoms with E-state index in [4.69, 9.17) is 5.11 Å². The molecule has 0 aliphatic heterocycles. The summed E-state index contributed by atoms with van der Waals surface area (Å²) < 4.78 is 2.61. The highest BCUT2D eigenvalue weighted by atomic mass is 16.3. The number of aliphatic hydroxyl groups is 1. The summed E-state index contributed by atoms with van der Waals surface area (Å²) in [5.74, 6) is 0. The molecule has 0 aliphatic carbocycles. The second kappa shape index (κ2) is 2.06. The number of aryl methyl sites for hydroxylation is 1. The van der Waals surface area contributed by atoms with Crippen molar-refractivity contribution in [2.45, 2.75) is 6.73 Å². The monoisotopic (exact) mass is 128 g/mol. The third-order valence-corrected chi connectivity index (χ3v) is 1.17. The first-order valence-corrected chi connectivity index (χ1v) is 2.58. The second-order valence-electron chi connectivity index (χ2n) is 1.80. The number of aromatic nitrogens is 2. The van der Waals surface area contributed by atoms with Gasteiger partial charge in [-0.05, 0) is 0 Å². The lowest BCUT2D eigenvalue weighted by Gasteiger charge is -1.89. The van der Waals surface area contributed by atoms with Gasteiger partial charge in [-0.1, -0.05) is 0 Å². The van der Waals surface area contributed by atoms with Crippen LogP contribution in [-0.4, -0.2) is 14.2 Å². The standard InChI is InChI=1S/C5H8N2O2/c1-6-2-3-7(4-8)5(6)9/h2-3,8H,4H2,1H3. The Balaban J connectivity index is 3.20. The molecule has 0 fully saturated rings. The van der Waals surface area contributed by atoms with E-state index in [1.165, 1.54) is 15.3 Å². The van der Waals surface area contributed by atoms with Gasteiger partial charge in [-0.25, -0.2) is 4.79 Å². The Hall–Kier alpha value is -1.03. The Morgan fingerprint density at radius 3 is 2.56 bits per heavy atom. The maximum absolute atomic E-state index is 10.8. The van der Waals surface area contributed by atoms with Gasteiger partial charge in [0.1, 0.15) is 6.73 Å². The molecule has 0 amide bonds. The summed E-state index contributed by atoms with van der Waals surface area (Å²) in [7, 11) is 1.63. The Morgan fingerprint density at radius 2 is 2.33 bits per heavy atom. The molecular weight excluding hydrogens is 120 g/mol. The van der Waals surface area contributed by atoms with Gasteiger partial charge in [0.15, 0.2) is 0 Å². The van der Waals surface area contributed by atoms with Crippen molar-refractivity contribution < 1.29 is 5.11 Å². The lowest BCUT2D eigenvalue weighted by Crippen LogP contribution is -2.21. The van der Waals surface area contributed by atoms with Crippen LogP contribution < -0.4 is 5.69 Å². The SMILES string of the molecule is Cn1ccn(CO)c1=O. The maximum atomic E-state index is 10.8. The second-order valence-corrected chi connectivity index (χ2v) is 1.80. The maximum Gasteiger partial charge on any atom is 0.329 e. The average molecular weight is 128 g/mol. The predicted molar refractivity (Wildman–Crippen MR) is 31.9 cm³/mol. The third kappa shape index (κ3) is 0.882. The van der Waals surface area contributed by atoms with Crippen LogP contribution in [0.3, 0.4) is 0 Å². The zero-order valence-electron chi connectivity index (χ0n) is 5.11. The summed E-state index contributed by atoms with van der Waals surface area (Å²) in [5, 5.41) is 8.48. The van der Waals surface area contributed by atoms with Crippen LogP contribution in [0.25, 0.3) is 0 Å². The molecule has 4 nitrogen and oxygen atoms in total. The van der Waals surface area contributed by atoms with Gasteiger partial charge in [0.05, 0.1) is 0 Å². The summed E-state index contributed by atoms with van der Waals surface area (Å²) >= 11 is 0. The lowest BCUT2D eigenvalue weighted by atomic mass is 10.9. The van der Waals surface area contributed by atoms with Gasteiger partial charge in [-0.2, -0.15) is 0 Å². The van der Waals surface area contributed by atoms with E-state index in [-0.39, 0.29) is 12.4 Å². The third-order valence-electron chi connectivity index (χ3n) is 1.17. The first-order chi connectivity index (χ1) is 4.25. The predicted octanol–water partition coefficient (Wildman–Crippen LogP) is -0.863. The van der Waals surface area contributed by atoms with Gasteiger partial charge in [0.2, 0.25) is 0 Å². The molecule has 4 heteroatoms. The number of rotatable bonds is 1. The van der Waals surface area contributed by atoms with E-state index in [0.717, 1.165) is 0 Å². The summed E-state index contributed by atoms with van der Waals surface area (Å²) in [6.45, 7) is -0.250. The Bertz CT molecular complexity index is 248. The highest BCUT2D eigenvalue weighted by Crippen LogP contribution is 1.77. The van der Waals surface area contributed by atoms with Gasteiger partial charge in [-0.15, -0.1) is 0 Å². The fraction of sp³-hybridized carbons (Fsp3) is 0.400. The van der Waals surface area contributed by atoms with E-state index in [9.17, 15) is 4.79 Å². The van der Waals surface area contributed by atoms with Gasteiger partial charge >= 0.3 is 5.69 Å². The van der Waals surface area contributed by atoms with E-state index < -0.39 is 0 Å². The molecule has 1 N–H and O–H groups in total. The molecule has 0 spiro atoms. The molecule has 0 unspecified atom stereocenters. The molecule has 0 radical (unpaired) electrons. The van der Waals surface area contributed by atoms with Gasteiger partial charge in [0.25, 0.3) is 0 Å². The van der Waals surface area contributed by atoms with Crippen LogP contribution in [0.4, 0.5) is 0 Å². The molecule has 1 aromatic rings. The van der Waals surface area contributed by atoms with Gasteiger partial charge in [-0.3, -0.25) is 4.57 Å². The van der Waals surface area contributed by atoms with Gasteiger partial charge < -0.3 is 9.67 Å². The summed E-state index contributed by atoms with van der Waals surface area (Å²) in [4.78, 5) is 10.8. The van der Waals surface area contributed by atoms with E-state index in [1.807, 2.05) is 0 Å². The zero-order chi connectivity index (χ0) is 6.85. The molecule has 1 rings (SSSR count). The first-order valence-electron chi connectivity index (χ1n) is 2.58. The van der Waals surface area contributed by atoms with Crippen LogP contribution in [0, 0.1) is 0 Å². The fourth-order valence-electron chi connectivity index (χ4n) is 0.618. The molecule has 0 bridgehead atoms. The largest absolute Gasteiger partial charge is 0.376 e. The molecule has 0 aromatic carbocycles. The Morgan fingerprint density at radius 1 is 1.67 bits per heavy atom. The first kappa shape index (κ1) is 6.10. The van der Waals surface area contributed by atoms with Crippen LogP contribution >= 0.6 is 0 Å². The summed E-state index contributed by atoms with van der Waals surface area (Å²) in [6, 6.07) is 0. The van der Waals surface area contributed by atoms with Crippen LogP contribution in [0.2, 0.25) is 0 Å².